The number of aliphatic hydroxyl groups excluding tert-OH is 1. The molecule has 0 unspecified atom stereocenters. The van der Waals surface area contributed by atoms with E-state index >= 15 is 0 Å². The number of hydrogen-bond acceptors (Lipinski definition) is 7. The van der Waals surface area contributed by atoms with Crippen LogP contribution in [0, 0.1) is 0 Å². The predicted molar refractivity (Wildman–Crippen MR) is 138 cm³/mol. The first-order chi connectivity index (χ1) is 15.9. The van der Waals surface area contributed by atoms with Crippen molar-refractivity contribution >= 4 is 45.4 Å². The summed E-state index contributed by atoms with van der Waals surface area (Å²) in [5, 5.41) is 13.2. The van der Waals surface area contributed by atoms with E-state index in [1.807, 2.05) is 39.2 Å². The molecule has 1 fully saturated rings. The van der Waals surface area contributed by atoms with Gasteiger partial charge in [-0.25, -0.2) is 0 Å². The molecule has 34 heavy (non-hydrogen) atoms. The van der Waals surface area contributed by atoms with E-state index in [9.17, 15) is 9.90 Å². The molecule has 1 amide bonds. The Bertz CT molecular complexity index is 1040. The van der Waals surface area contributed by atoms with E-state index < -0.39 is 24.0 Å². The molecule has 0 aliphatic carbocycles. The third-order valence-corrected chi connectivity index (χ3v) is 11.5. The molecule has 9 heteroatoms. The topological polar surface area (TPSA) is 90.8 Å². The number of hydrogen-bond donors (Lipinski definition) is 2. The molecule has 2 N–H and O–H groups in total. The molecule has 4 heterocycles. The summed E-state index contributed by atoms with van der Waals surface area (Å²) in [6.07, 6.45) is 4.87. The first kappa shape index (κ1) is 25.0. The monoisotopic (exact) mass is 575 g/mol. The summed E-state index contributed by atoms with van der Waals surface area (Å²) in [5.41, 5.74) is 3.70. The summed E-state index contributed by atoms with van der Waals surface area (Å²) in [5.74, 6) is 0.743. The van der Waals surface area contributed by atoms with Crippen LogP contribution < -0.4 is 13.9 Å². The number of aliphatic hydroxyl groups is 1. The second-order valence-electron chi connectivity index (χ2n) is 11.3. The van der Waals surface area contributed by atoms with Crippen molar-refractivity contribution < 1.29 is 14.6 Å². The maximum atomic E-state index is 12.8. The van der Waals surface area contributed by atoms with E-state index in [0.29, 0.717) is 13.1 Å². The molecule has 2 aromatic rings. The van der Waals surface area contributed by atoms with Crippen LogP contribution in [-0.2, 0) is 17.8 Å². The normalized spacial score (nSPS) is 17.0. The van der Waals surface area contributed by atoms with Crippen LogP contribution >= 0.6 is 0 Å². The summed E-state index contributed by atoms with van der Waals surface area (Å²) in [6, 6.07) is 4.04. The predicted octanol–water partition coefficient (Wildman–Crippen LogP) is 3.98. The number of ether oxygens (including phenoxy) is 1. The van der Waals surface area contributed by atoms with Gasteiger partial charge in [0, 0.05) is 0 Å². The van der Waals surface area contributed by atoms with Crippen LogP contribution in [0.5, 0.6) is 0 Å². The number of aromatic nitrogens is 2. The van der Waals surface area contributed by atoms with Crippen LogP contribution in [0.1, 0.15) is 44.7 Å². The molecule has 0 saturated carbocycles. The van der Waals surface area contributed by atoms with Crippen LogP contribution in [0.3, 0.4) is 0 Å². The van der Waals surface area contributed by atoms with E-state index in [1.54, 1.807) is 4.90 Å². The molecule has 0 atom stereocenters. The van der Waals surface area contributed by atoms with E-state index in [4.69, 9.17) is 9.72 Å². The fourth-order valence-corrected chi connectivity index (χ4v) is 9.03. The van der Waals surface area contributed by atoms with Crippen molar-refractivity contribution in [1.82, 2.24) is 14.9 Å². The average molecular weight is 574 g/mol. The van der Waals surface area contributed by atoms with Gasteiger partial charge >= 0.3 is 196 Å². The summed E-state index contributed by atoms with van der Waals surface area (Å²) in [4.78, 5) is 33.4. The molecule has 1 saturated heterocycles. The number of fused-ring (bicyclic) bond motifs is 1. The zero-order chi connectivity index (χ0) is 24.7. The Morgan fingerprint density at radius 2 is 1.76 bits per heavy atom. The number of nitrogens with zero attached hydrogens (tertiary/aromatic N) is 4. The second kappa shape index (κ2) is 9.53. The van der Waals surface area contributed by atoms with Crippen LogP contribution in [-0.4, -0.2) is 69.2 Å². The number of carbonyl (C=O) groups excluding carboxylic acids is 1. The van der Waals surface area contributed by atoms with Gasteiger partial charge in [0.15, 0.2) is 0 Å². The molecule has 0 spiro atoms. The molecule has 0 radical (unpaired) electrons. The van der Waals surface area contributed by atoms with Crippen molar-refractivity contribution in [3.63, 3.8) is 0 Å². The third-order valence-electron chi connectivity index (χ3n) is 6.20. The van der Waals surface area contributed by atoms with Crippen LogP contribution in [0.2, 0.25) is 14.8 Å². The van der Waals surface area contributed by atoms with Gasteiger partial charge < -0.3 is 5.11 Å². The van der Waals surface area contributed by atoms with E-state index in [2.05, 4.69) is 36.1 Å². The zero-order valence-electron chi connectivity index (χ0n) is 21.2. The maximum absolute atomic E-state index is 12.8. The molecule has 2 aliphatic heterocycles. The molecule has 0 aromatic carbocycles. The standard InChI is InChI=1S/C22H28N5O3.3CH3.Sn/c1-22(2,3)30-21(29)27-13-15-10-23-12-19(18(15)14-27)25-20-5-4-16(11-24-20)26-8-6-17(28)7-9-26;;;;/h4-5,11-12,17,28H,6-9,13-14H2,1-3H3,(H,24,25);3*1H3;. The Labute approximate surface area is 206 Å². The van der Waals surface area contributed by atoms with Gasteiger partial charge in [0.05, 0.1) is 6.10 Å². The van der Waals surface area contributed by atoms with Gasteiger partial charge in [0.1, 0.15) is 0 Å². The van der Waals surface area contributed by atoms with Crippen molar-refractivity contribution in [3.05, 3.63) is 35.7 Å². The Hall–Kier alpha value is -2.07. The SMILES string of the molecule is CC(C)(C)OC(=O)N1Cc2c(Nc3ccc(N4CCC(O)CC4)cn3)cn[c]([Sn]([CH3])([CH3])[CH3])c2C1. The zero-order valence-corrected chi connectivity index (χ0v) is 24.0. The Morgan fingerprint density at radius 1 is 1.09 bits per heavy atom. The molecule has 2 aromatic heterocycles. The number of rotatable bonds is 4. The molecule has 184 valence electrons. The fourth-order valence-electron chi connectivity index (χ4n) is 4.50. The summed E-state index contributed by atoms with van der Waals surface area (Å²) >= 11 is -2.50. The fraction of sp³-hybridized carbons (Fsp3) is 0.560. The van der Waals surface area contributed by atoms with Gasteiger partial charge in [-0.1, -0.05) is 0 Å². The third kappa shape index (κ3) is 5.76. The van der Waals surface area contributed by atoms with Gasteiger partial charge in [-0.05, 0) is 0 Å². The van der Waals surface area contributed by atoms with Gasteiger partial charge in [-0.2, -0.15) is 0 Å². The van der Waals surface area contributed by atoms with Crippen molar-refractivity contribution in [3.8, 4) is 0 Å². The van der Waals surface area contributed by atoms with Crippen molar-refractivity contribution in [2.24, 2.45) is 0 Å². The average Bonchev–Trinajstić information content (AvgIpc) is 3.19. The van der Waals surface area contributed by atoms with Crippen LogP contribution in [0.15, 0.2) is 24.5 Å². The molecule has 4 rings (SSSR count). The summed E-state index contributed by atoms with van der Waals surface area (Å²) in [6.45, 7) is 8.38. The van der Waals surface area contributed by atoms with Crippen molar-refractivity contribution in [1.29, 1.82) is 0 Å². The minimum atomic E-state index is -2.50. The number of amides is 1. The van der Waals surface area contributed by atoms with E-state index in [0.717, 1.165) is 48.7 Å². The Morgan fingerprint density at radius 3 is 2.35 bits per heavy atom. The Kier molecular flexibility index (Phi) is 7.01. The van der Waals surface area contributed by atoms with Gasteiger partial charge in [-0.15, -0.1) is 0 Å². The second-order valence-corrected chi connectivity index (χ2v) is 25.5. The molecule has 8 nitrogen and oxygen atoms in total. The number of anilines is 3. The van der Waals surface area contributed by atoms with Crippen LogP contribution in [0.4, 0.5) is 22.0 Å². The minimum absolute atomic E-state index is 0.194. The molecular formula is C25H37N5O3Sn. The quantitative estimate of drug-likeness (QED) is 0.535. The van der Waals surface area contributed by atoms with Crippen molar-refractivity contribution in [2.75, 3.05) is 23.3 Å². The first-order valence-electron chi connectivity index (χ1n) is 12.1. The molecule has 2 aliphatic rings. The van der Waals surface area contributed by atoms with E-state index in [1.165, 1.54) is 9.27 Å². The number of nitrogens with one attached hydrogen (secondary N) is 1. The summed E-state index contributed by atoms with van der Waals surface area (Å²) < 4.78 is 6.85. The van der Waals surface area contributed by atoms with Gasteiger partial charge in [0.25, 0.3) is 0 Å². The number of carbonyl (C=O) groups is 1. The number of piperidine rings is 1. The summed E-state index contributed by atoms with van der Waals surface area (Å²) in [7, 11) is 0. The van der Waals surface area contributed by atoms with Crippen molar-refractivity contribution in [2.45, 2.75) is 73.2 Å². The molecular weight excluding hydrogens is 537 g/mol. The van der Waals surface area contributed by atoms with E-state index in [-0.39, 0.29) is 12.2 Å². The first-order valence-corrected chi connectivity index (χ1v) is 22.0. The van der Waals surface area contributed by atoms with Gasteiger partial charge in [0.2, 0.25) is 0 Å². The van der Waals surface area contributed by atoms with Gasteiger partial charge in [-0.3, -0.25) is 0 Å². The van der Waals surface area contributed by atoms with Crippen LogP contribution in [0.25, 0.3) is 0 Å². The molecule has 0 bridgehead atoms. The number of pyridine rings is 2. The Balaban J connectivity index is 1.56.